The molecule has 0 spiro atoms. The molecule has 0 saturated heterocycles. The average molecular weight is 225 g/mol. The van der Waals surface area contributed by atoms with Gasteiger partial charge in [-0.25, -0.2) is 8.78 Å². The van der Waals surface area contributed by atoms with Crippen LogP contribution in [-0.4, -0.2) is 17.6 Å². The summed E-state index contributed by atoms with van der Waals surface area (Å²) in [5.41, 5.74) is -0.275. The summed E-state index contributed by atoms with van der Waals surface area (Å²) in [6.07, 6.45) is 4.95. The van der Waals surface area contributed by atoms with Gasteiger partial charge in [0.15, 0.2) is 0 Å². The van der Waals surface area contributed by atoms with Crippen molar-refractivity contribution in [2.45, 2.75) is 6.04 Å². The molecule has 1 rings (SSSR count). The molecule has 0 heterocycles. The number of rotatable bonds is 4. The van der Waals surface area contributed by atoms with Crippen LogP contribution < -0.4 is 5.32 Å². The molecule has 0 radical (unpaired) electrons. The van der Waals surface area contributed by atoms with Crippen molar-refractivity contribution in [1.29, 1.82) is 0 Å². The SMILES string of the molecule is C#CCNC(C(=O)O)c1cc(F)ccc1F. The van der Waals surface area contributed by atoms with Gasteiger partial charge >= 0.3 is 5.97 Å². The Morgan fingerprint density at radius 1 is 1.56 bits per heavy atom. The molecule has 2 N–H and O–H groups in total. The Bertz CT molecular complexity index is 440. The summed E-state index contributed by atoms with van der Waals surface area (Å²) in [4.78, 5) is 10.8. The van der Waals surface area contributed by atoms with E-state index in [4.69, 9.17) is 11.5 Å². The molecule has 16 heavy (non-hydrogen) atoms. The maximum absolute atomic E-state index is 13.3. The second kappa shape index (κ2) is 5.24. The van der Waals surface area contributed by atoms with Crippen LogP contribution in [0, 0.1) is 24.0 Å². The molecule has 0 bridgehead atoms. The molecular formula is C11H9F2NO2. The summed E-state index contributed by atoms with van der Waals surface area (Å²) in [7, 11) is 0. The van der Waals surface area contributed by atoms with Gasteiger partial charge in [0, 0.05) is 5.56 Å². The molecule has 5 heteroatoms. The molecule has 1 aromatic rings. The number of carboxylic acids is 1. The van der Waals surface area contributed by atoms with Gasteiger partial charge in [-0.1, -0.05) is 5.92 Å². The topological polar surface area (TPSA) is 49.3 Å². The average Bonchev–Trinajstić information content (AvgIpc) is 2.23. The van der Waals surface area contributed by atoms with Crippen LogP contribution in [0.5, 0.6) is 0 Å². The van der Waals surface area contributed by atoms with E-state index < -0.39 is 23.6 Å². The van der Waals surface area contributed by atoms with Gasteiger partial charge in [-0.15, -0.1) is 6.42 Å². The highest BCUT2D eigenvalue weighted by Crippen LogP contribution is 2.18. The zero-order valence-electron chi connectivity index (χ0n) is 8.21. The van der Waals surface area contributed by atoms with Crippen LogP contribution in [0.25, 0.3) is 0 Å². The lowest BCUT2D eigenvalue weighted by Crippen LogP contribution is -2.29. The molecular weight excluding hydrogens is 216 g/mol. The highest BCUT2D eigenvalue weighted by molar-refractivity contribution is 5.75. The summed E-state index contributed by atoms with van der Waals surface area (Å²) >= 11 is 0. The number of terminal acetylenes is 1. The van der Waals surface area contributed by atoms with Crippen molar-refractivity contribution < 1.29 is 18.7 Å². The Morgan fingerprint density at radius 3 is 2.81 bits per heavy atom. The fourth-order valence-electron chi connectivity index (χ4n) is 1.23. The largest absolute Gasteiger partial charge is 0.480 e. The summed E-state index contributed by atoms with van der Waals surface area (Å²) in [5, 5.41) is 11.3. The highest BCUT2D eigenvalue weighted by atomic mass is 19.1. The van der Waals surface area contributed by atoms with Gasteiger partial charge in [-0.2, -0.15) is 0 Å². The Labute approximate surface area is 91.1 Å². The van der Waals surface area contributed by atoms with Crippen LogP contribution in [0.15, 0.2) is 18.2 Å². The number of halogens is 2. The third-order valence-corrected chi connectivity index (χ3v) is 1.92. The normalized spacial score (nSPS) is 11.8. The predicted octanol–water partition coefficient (Wildman–Crippen LogP) is 1.31. The van der Waals surface area contributed by atoms with Gasteiger partial charge in [0.25, 0.3) is 0 Å². The summed E-state index contributed by atoms with van der Waals surface area (Å²) in [6.45, 7) is -0.0487. The molecule has 1 aromatic carbocycles. The number of carbonyl (C=O) groups is 1. The molecule has 1 unspecified atom stereocenters. The first-order chi connectivity index (χ1) is 7.56. The number of carboxylic acid groups (broad SMARTS) is 1. The van der Waals surface area contributed by atoms with E-state index in [2.05, 4.69) is 11.2 Å². The zero-order chi connectivity index (χ0) is 12.1. The number of hydrogen-bond acceptors (Lipinski definition) is 2. The molecule has 84 valence electrons. The first-order valence-electron chi connectivity index (χ1n) is 4.41. The number of hydrogen-bond donors (Lipinski definition) is 2. The molecule has 0 amide bonds. The van der Waals surface area contributed by atoms with Crippen molar-refractivity contribution in [1.82, 2.24) is 5.32 Å². The van der Waals surface area contributed by atoms with Crippen LogP contribution in [0.1, 0.15) is 11.6 Å². The van der Waals surface area contributed by atoms with Gasteiger partial charge in [-0.05, 0) is 18.2 Å². The fraction of sp³-hybridized carbons (Fsp3) is 0.182. The lowest BCUT2D eigenvalue weighted by atomic mass is 10.1. The van der Waals surface area contributed by atoms with Crippen molar-refractivity contribution in [2.24, 2.45) is 0 Å². The maximum Gasteiger partial charge on any atom is 0.325 e. The first kappa shape index (κ1) is 12.1. The van der Waals surface area contributed by atoms with E-state index in [0.29, 0.717) is 0 Å². The highest BCUT2D eigenvalue weighted by Gasteiger charge is 2.22. The van der Waals surface area contributed by atoms with Crippen molar-refractivity contribution in [3.8, 4) is 12.3 Å². The third-order valence-electron chi connectivity index (χ3n) is 1.92. The third kappa shape index (κ3) is 2.78. The van der Waals surface area contributed by atoms with E-state index in [1.807, 2.05) is 0 Å². The van der Waals surface area contributed by atoms with E-state index in [1.165, 1.54) is 0 Å². The minimum absolute atomic E-state index is 0.0487. The van der Waals surface area contributed by atoms with Gasteiger partial charge in [-0.3, -0.25) is 10.1 Å². The van der Waals surface area contributed by atoms with Crippen molar-refractivity contribution in [3.63, 3.8) is 0 Å². The Hall–Kier alpha value is -1.93. The summed E-state index contributed by atoms with van der Waals surface area (Å²) in [6, 6.07) is 1.26. The minimum Gasteiger partial charge on any atom is -0.480 e. The molecule has 3 nitrogen and oxygen atoms in total. The van der Waals surface area contributed by atoms with Crippen molar-refractivity contribution in [3.05, 3.63) is 35.4 Å². The number of nitrogens with one attached hydrogen (secondary N) is 1. The van der Waals surface area contributed by atoms with Crippen molar-refractivity contribution >= 4 is 5.97 Å². The smallest absolute Gasteiger partial charge is 0.325 e. The summed E-state index contributed by atoms with van der Waals surface area (Å²) < 4.78 is 26.2. The lowest BCUT2D eigenvalue weighted by Gasteiger charge is -2.13. The number of aliphatic carboxylic acids is 1. The van der Waals surface area contributed by atoms with E-state index in [-0.39, 0.29) is 12.1 Å². The monoisotopic (exact) mass is 225 g/mol. The Kier molecular flexibility index (Phi) is 3.97. The van der Waals surface area contributed by atoms with Gasteiger partial charge < -0.3 is 5.11 Å². The number of benzene rings is 1. The van der Waals surface area contributed by atoms with Gasteiger partial charge in [0.05, 0.1) is 6.54 Å². The quantitative estimate of drug-likeness (QED) is 0.759. The van der Waals surface area contributed by atoms with Crippen molar-refractivity contribution in [2.75, 3.05) is 6.54 Å². The Morgan fingerprint density at radius 2 is 2.25 bits per heavy atom. The molecule has 0 aliphatic heterocycles. The second-order valence-electron chi connectivity index (χ2n) is 3.02. The lowest BCUT2D eigenvalue weighted by molar-refractivity contribution is -0.139. The molecule has 0 aliphatic rings. The van der Waals surface area contributed by atoms with Crippen LogP contribution in [-0.2, 0) is 4.79 Å². The molecule has 0 fully saturated rings. The standard InChI is InChI=1S/C11H9F2NO2/c1-2-5-14-10(11(15)16)8-6-7(12)3-4-9(8)13/h1,3-4,6,10,14H,5H2,(H,15,16). The molecule has 0 aliphatic carbocycles. The molecule has 0 aromatic heterocycles. The summed E-state index contributed by atoms with van der Waals surface area (Å²) in [5.74, 6) is -0.650. The molecule has 0 saturated carbocycles. The maximum atomic E-state index is 13.3. The van der Waals surface area contributed by atoms with E-state index in [9.17, 15) is 13.6 Å². The van der Waals surface area contributed by atoms with Crippen LogP contribution >= 0.6 is 0 Å². The van der Waals surface area contributed by atoms with Crippen LogP contribution in [0.3, 0.4) is 0 Å². The van der Waals surface area contributed by atoms with Crippen LogP contribution in [0.4, 0.5) is 8.78 Å². The predicted molar refractivity (Wildman–Crippen MR) is 53.6 cm³/mol. The molecule has 1 atom stereocenters. The minimum atomic E-state index is -1.35. The van der Waals surface area contributed by atoms with E-state index in [0.717, 1.165) is 18.2 Å². The second-order valence-corrected chi connectivity index (χ2v) is 3.02. The first-order valence-corrected chi connectivity index (χ1v) is 4.41. The Balaban J connectivity index is 3.06. The fourth-order valence-corrected chi connectivity index (χ4v) is 1.23. The van der Waals surface area contributed by atoms with E-state index in [1.54, 1.807) is 0 Å². The van der Waals surface area contributed by atoms with E-state index >= 15 is 0 Å². The van der Waals surface area contributed by atoms with Crippen LogP contribution in [0.2, 0.25) is 0 Å². The van der Waals surface area contributed by atoms with Gasteiger partial charge in [0.1, 0.15) is 17.7 Å². The van der Waals surface area contributed by atoms with Gasteiger partial charge in [0.2, 0.25) is 0 Å². The zero-order valence-corrected chi connectivity index (χ0v) is 8.21.